The highest BCUT2D eigenvalue weighted by molar-refractivity contribution is 5.84. The molecule has 0 spiro atoms. The highest BCUT2D eigenvalue weighted by atomic mass is 16.6. The first-order valence-corrected chi connectivity index (χ1v) is 7.52. The number of likely N-dealkylation sites (N-methyl/N-ethyl adjacent to an activating group) is 1. The zero-order chi connectivity index (χ0) is 15.3. The summed E-state index contributed by atoms with van der Waals surface area (Å²) in [6, 6.07) is 12.4. The standard InChI is InChI=1S/C17H18N2O3/c1-18-8-16-15-7-13-5-3-2-4-12(13)6-14(15)9-22-11-17(16,10-18)19(20)21/h2-7,16H,8-11H2,1H3/t16-,17-/m0/s1. The molecule has 1 fully saturated rings. The highest BCUT2D eigenvalue weighted by Crippen LogP contribution is 2.42. The van der Waals surface area contributed by atoms with Crippen LogP contribution in [0.15, 0.2) is 36.4 Å². The Hall–Kier alpha value is -1.98. The number of hydrogen-bond donors (Lipinski definition) is 0. The van der Waals surface area contributed by atoms with Crippen LogP contribution in [0.4, 0.5) is 0 Å². The zero-order valence-corrected chi connectivity index (χ0v) is 12.5. The molecule has 5 heteroatoms. The Balaban J connectivity index is 1.93. The molecule has 0 saturated carbocycles. The minimum atomic E-state index is -1.03. The lowest BCUT2D eigenvalue weighted by Gasteiger charge is -2.24. The summed E-state index contributed by atoms with van der Waals surface area (Å²) in [4.78, 5) is 13.8. The summed E-state index contributed by atoms with van der Waals surface area (Å²) in [5.41, 5.74) is 1.14. The van der Waals surface area contributed by atoms with Gasteiger partial charge < -0.3 is 4.74 Å². The van der Waals surface area contributed by atoms with Gasteiger partial charge in [-0.2, -0.15) is 0 Å². The molecular weight excluding hydrogens is 280 g/mol. The Morgan fingerprint density at radius 3 is 2.77 bits per heavy atom. The second-order valence-corrected chi connectivity index (χ2v) is 6.50. The normalized spacial score (nSPS) is 28.1. The lowest BCUT2D eigenvalue weighted by Crippen LogP contribution is -2.48. The van der Waals surface area contributed by atoms with Crippen LogP contribution >= 0.6 is 0 Å². The van der Waals surface area contributed by atoms with Crippen LogP contribution in [0.25, 0.3) is 10.8 Å². The first kappa shape index (κ1) is 13.7. The molecule has 4 rings (SSSR count). The van der Waals surface area contributed by atoms with E-state index in [0.29, 0.717) is 19.7 Å². The van der Waals surface area contributed by atoms with Crippen LogP contribution in [0, 0.1) is 10.1 Å². The smallest absolute Gasteiger partial charge is 0.265 e. The van der Waals surface area contributed by atoms with Crippen LogP contribution in [-0.2, 0) is 11.3 Å². The van der Waals surface area contributed by atoms with Crippen molar-refractivity contribution in [1.29, 1.82) is 0 Å². The molecule has 5 nitrogen and oxygen atoms in total. The third-order valence-electron chi connectivity index (χ3n) is 5.04. The van der Waals surface area contributed by atoms with E-state index < -0.39 is 5.54 Å². The molecule has 114 valence electrons. The van der Waals surface area contributed by atoms with Crippen molar-refractivity contribution in [3.8, 4) is 0 Å². The van der Waals surface area contributed by atoms with Gasteiger partial charge in [-0.3, -0.25) is 15.0 Å². The lowest BCUT2D eigenvalue weighted by atomic mass is 9.81. The topological polar surface area (TPSA) is 55.6 Å². The summed E-state index contributed by atoms with van der Waals surface area (Å²) < 4.78 is 5.73. The molecule has 2 aliphatic rings. The number of fused-ring (bicyclic) bond motifs is 4. The van der Waals surface area contributed by atoms with Crippen LogP contribution in [-0.4, -0.2) is 42.1 Å². The predicted molar refractivity (Wildman–Crippen MR) is 83.6 cm³/mol. The molecule has 0 bridgehead atoms. The number of likely N-dealkylation sites (tertiary alicyclic amines) is 1. The number of nitro groups is 1. The van der Waals surface area contributed by atoms with E-state index in [1.165, 1.54) is 0 Å². The molecule has 0 aromatic heterocycles. The number of nitrogens with zero attached hydrogens (tertiary/aromatic N) is 2. The van der Waals surface area contributed by atoms with E-state index in [0.717, 1.165) is 21.9 Å². The molecule has 0 radical (unpaired) electrons. The zero-order valence-electron chi connectivity index (χ0n) is 12.5. The molecule has 0 unspecified atom stereocenters. The van der Waals surface area contributed by atoms with Gasteiger partial charge in [-0.15, -0.1) is 0 Å². The van der Waals surface area contributed by atoms with E-state index in [-0.39, 0.29) is 17.4 Å². The van der Waals surface area contributed by atoms with E-state index in [1.807, 2.05) is 24.1 Å². The molecule has 22 heavy (non-hydrogen) atoms. The Labute approximate surface area is 128 Å². The van der Waals surface area contributed by atoms with Gasteiger partial charge in [0.1, 0.15) is 6.61 Å². The molecule has 2 atom stereocenters. The van der Waals surface area contributed by atoms with Gasteiger partial charge in [0.05, 0.1) is 19.1 Å². The minimum absolute atomic E-state index is 0.116. The highest BCUT2D eigenvalue weighted by Gasteiger charge is 2.58. The van der Waals surface area contributed by atoms with Crippen molar-refractivity contribution in [3.05, 3.63) is 57.6 Å². The average Bonchev–Trinajstić information content (AvgIpc) is 2.77. The quantitative estimate of drug-likeness (QED) is 0.599. The van der Waals surface area contributed by atoms with Crippen molar-refractivity contribution in [1.82, 2.24) is 4.90 Å². The van der Waals surface area contributed by atoms with Crippen LogP contribution in [0.1, 0.15) is 17.0 Å². The van der Waals surface area contributed by atoms with Gasteiger partial charge in [0.25, 0.3) is 5.54 Å². The van der Waals surface area contributed by atoms with E-state index in [1.54, 1.807) is 0 Å². The number of benzene rings is 2. The maximum atomic E-state index is 11.8. The first-order valence-electron chi connectivity index (χ1n) is 7.52. The lowest BCUT2D eigenvalue weighted by molar-refractivity contribution is -0.573. The first-order chi connectivity index (χ1) is 10.6. The molecule has 0 N–H and O–H groups in total. The molecule has 1 saturated heterocycles. The van der Waals surface area contributed by atoms with E-state index >= 15 is 0 Å². The van der Waals surface area contributed by atoms with E-state index in [9.17, 15) is 10.1 Å². The summed E-state index contributed by atoms with van der Waals surface area (Å²) in [6.07, 6.45) is 0. The summed E-state index contributed by atoms with van der Waals surface area (Å²) in [5, 5.41) is 14.1. The third-order valence-corrected chi connectivity index (χ3v) is 5.04. The minimum Gasteiger partial charge on any atom is -0.369 e. The van der Waals surface area contributed by atoms with Gasteiger partial charge in [-0.25, -0.2) is 0 Å². The van der Waals surface area contributed by atoms with E-state index in [4.69, 9.17) is 4.74 Å². The fourth-order valence-electron chi connectivity index (χ4n) is 3.99. The maximum absolute atomic E-state index is 11.8. The second kappa shape index (κ2) is 4.76. The average molecular weight is 298 g/mol. The number of hydrogen-bond acceptors (Lipinski definition) is 4. The molecule has 0 aliphatic carbocycles. The summed E-state index contributed by atoms with van der Waals surface area (Å²) in [5.74, 6) is -0.116. The molecule has 2 heterocycles. The Kier molecular flexibility index (Phi) is 2.96. The molecule has 2 aliphatic heterocycles. The van der Waals surface area contributed by atoms with E-state index in [2.05, 4.69) is 24.3 Å². The summed E-state index contributed by atoms with van der Waals surface area (Å²) in [6.45, 7) is 1.78. The van der Waals surface area contributed by atoms with Crippen LogP contribution in [0.5, 0.6) is 0 Å². The van der Waals surface area contributed by atoms with Crippen molar-refractivity contribution in [2.45, 2.75) is 18.1 Å². The van der Waals surface area contributed by atoms with Gasteiger partial charge in [-0.05, 0) is 35.0 Å². The van der Waals surface area contributed by atoms with Gasteiger partial charge in [0.2, 0.25) is 0 Å². The summed E-state index contributed by atoms with van der Waals surface area (Å²) >= 11 is 0. The molecule has 2 aromatic rings. The number of rotatable bonds is 1. The SMILES string of the molecule is CN1C[C@H]2c3cc4ccccc4cc3COC[C@@]2([N+](=O)[O-])C1. The predicted octanol–water partition coefficient (Wildman–Crippen LogP) is 2.41. The second-order valence-electron chi connectivity index (χ2n) is 6.50. The fourth-order valence-corrected chi connectivity index (χ4v) is 3.99. The summed E-state index contributed by atoms with van der Waals surface area (Å²) in [7, 11) is 1.95. The monoisotopic (exact) mass is 298 g/mol. The van der Waals surface area contributed by atoms with Crippen LogP contribution < -0.4 is 0 Å². The molecule has 2 aromatic carbocycles. The molecule has 0 amide bonds. The van der Waals surface area contributed by atoms with Gasteiger partial charge in [0.15, 0.2) is 0 Å². The maximum Gasteiger partial charge on any atom is 0.265 e. The van der Waals surface area contributed by atoms with Crippen LogP contribution in [0.3, 0.4) is 0 Å². The Morgan fingerprint density at radius 1 is 1.32 bits per heavy atom. The van der Waals surface area contributed by atoms with Crippen LogP contribution in [0.2, 0.25) is 0 Å². The van der Waals surface area contributed by atoms with Crippen molar-refractivity contribution < 1.29 is 9.66 Å². The fraction of sp³-hybridized carbons (Fsp3) is 0.412. The van der Waals surface area contributed by atoms with Crippen molar-refractivity contribution in [3.63, 3.8) is 0 Å². The van der Waals surface area contributed by atoms with Gasteiger partial charge in [0, 0.05) is 11.5 Å². The Morgan fingerprint density at radius 2 is 2.05 bits per heavy atom. The van der Waals surface area contributed by atoms with Gasteiger partial charge in [-0.1, -0.05) is 30.3 Å². The third kappa shape index (κ3) is 1.86. The Bertz CT molecular complexity index is 761. The largest absolute Gasteiger partial charge is 0.369 e. The van der Waals surface area contributed by atoms with Gasteiger partial charge >= 0.3 is 0 Å². The number of ether oxygens (including phenoxy) is 1. The molecular formula is C17H18N2O3. The van der Waals surface area contributed by atoms with Crippen molar-refractivity contribution in [2.24, 2.45) is 0 Å². The van der Waals surface area contributed by atoms with Crippen molar-refractivity contribution in [2.75, 3.05) is 26.7 Å². The van der Waals surface area contributed by atoms with Crippen molar-refractivity contribution >= 4 is 10.8 Å².